The standard InChI is InChI=1S/C11H17N3O3.ClH/c12-6-2-1-3-9(13)8-4-5-11(15)10(7-8)14(16)17;/h4-5,7,9,15H,1-3,6,12-13H2;1H/t9-;/m1./s1. The molecule has 102 valence electrons. The molecule has 0 heterocycles. The van der Waals surface area contributed by atoms with Crippen molar-refractivity contribution in [2.24, 2.45) is 11.5 Å². The molecule has 1 atom stereocenters. The van der Waals surface area contributed by atoms with Gasteiger partial charge in [0.25, 0.3) is 0 Å². The van der Waals surface area contributed by atoms with Crippen molar-refractivity contribution < 1.29 is 10.0 Å². The zero-order valence-corrected chi connectivity index (χ0v) is 10.7. The lowest BCUT2D eigenvalue weighted by Crippen LogP contribution is -2.11. The lowest BCUT2D eigenvalue weighted by atomic mass is 10.0. The van der Waals surface area contributed by atoms with Gasteiger partial charge in [-0.3, -0.25) is 10.1 Å². The zero-order chi connectivity index (χ0) is 12.8. The average molecular weight is 276 g/mol. The van der Waals surface area contributed by atoms with Crippen LogP contribution in [0.4, 0.5) is 5.69 Å². The van der Waals surface area contributed by atoms with Gasteiger partial charge in [0.2, 0.25) is 0 Å². The molecule has 0 saturated heterocycles. The molecule has 1 aromatic carbocycles. The second-order valence-corrected chi connectivity index (χ2v) is 3.90. The number of hydrogen-bond acceptors (Lipinski definition) is 5. The molecule has 0 aliphatic carbocycles. The van der Waals surface area contributed by atoms with E-state index in [4.69, 9.17) is 11.5 Å². The van der Waals surface area contributed by atoms with E-state index in [1.807, 2.05) is 0 Å². The quantitative estimate of drug-likeness (QED) is 0.416. The molecule has 0 radical (unpaired) electrons. The molecule has 1 rings (SSSR count). The van der Waals surface area contributed by atoms with Crippen LogP contribution in [0.3, 0.4) is 0 Å². The summed E-state index contributed by atoms with van der Waals surface area (Å²) in [7, 11) is 0. The minimum Gasteiger partial charge on any atom is -0.502 e. The lowest BCUT2D eigenvalue weighted by molar-refractivity contribution is -0.385. The second-order valence-electron chi connectivity index (χ2n) is 3.90. The van der Waals surface area contributed by atoms with E-state index in [1.54, 1.807) is 6.07 Å². The van der Waals surface area contributed by atoms with Crippen molar-refractivity contribution in [1.29, 1.82) is 0 Å². The van der Waals surface area contributed by atoms with Gasteiger partial charge in [-0.25, -0.2) is 0 Å². The molecule has 5 N–H and O–H groups in total. The number of aromatic hydroxyl groups is 1. The van der Waals surface area contributed by atoms with Gasteiger partial charge < -0.3 is 16.6 Å². The number of phenols is 1. The van der Waals surface area contributed by atoms with Crippen LogP contribution in [0, 0.1) is 10.1 Å². The van der Waals surface area contributed by atoms with Gasteiger partial charge >= 0.3 is 5.69 Å². The highest BCUT2D eigenvalue weighted by molar-refractivity contribution is 5.85. The number of unbranched alkanes of at least 4 members (excludes halogenated alkanes) is 1. The summed E-state index contributed by atoms with van der Waals surface area (Å²) in [6.07, 6.45) is 2.49. The van der Waals surface area contributed by atoms with Crippen LogP contribution in [0.15, 0.2) is 18.2 Å². The summed E-state index contributed by atoms with van der Waals surface area (Å²) in [5.41, 5.74) is 11.6. The number of rotatable bonds is 6. The minimum atomic E-state index is -0.620. The topological polar surface area (TPSA) is 115 Å². The van der Waals surface area contributed by atoms with Gasteiger partial charge in [0.05, 0.1) is 4.92 Å². The summed E-state index contributed by atoms with van der Waals surface area (Å²) in [6, 6.07) is 3.97. The van der Waals surface area contributed by atoms with Crippen molar-refractivity contribution in [3.05, 3.63) is 33.9 Å². The third-order valence-electron chi connectivity index (χ3n) is 2.59. The summed E-state index contributed by atoms with van der Waals surface area (Å²) in [4.78, 5) is 10.0. The third-order valence-corrected chi connectivity index (χ3v) is 2.59. The van der Waals surface area contributed by atoms with Gasteiger partial charge in [0, 0.05) is 12.1 Å². The van der Waals surface area contributed by atoms with Crippen molar-refractivity contribution in [2.45, 2.75) is 25.3 Å². The average Bonchev–Trinajstić information content (AvgIpc) is 2.29. The molecule has 0 aliphatic rings. The minimum absolute atomic E-state index is 0. The number of nitro benzene ring substituents is 1. The number of hydrogen-bond donors (Lipinski definition) is 3. The molecule has 1 aromatic rings. The Kier molecular flexibility index (Phi) is 7.26. The van der Waals surface area contributed by atoms with E-state index >= 15 is 0 Å². The zero-order valence-electron chi connectivity index (χ0n) is 9.91. The molecule has 0 saturated carbocycles. The Labute approximate surface area is 112 Å². The number of nitrogens with zero attached hydrogens (tertiary/aromatic N) is 1. The highest BCUT2D eigenvalue weighted by atomic mass is 35.5. The highest BCUT2D eigenvalue weighted by Gasteiger charge is 2.16. The van der Waals surface area contributed by atoms with Crippen LogP contribution in [0.5, 0.6) is 5.75 Å². The summed E-state index contributed by atoms with van der Waals surface area (Å²) in [5, 5.41) is 19.9. The largest absolute Gasteiger partial charge is 0.502 e. The van der Waals surface area contributed by atoms with E-state index in [9.17, 15) is 15.2 Å². The molecule has 0 aromatic heterocycles. The van der Waals surface area contributed by atoms with Gasteiger partial charge in [-0.1, -0.05) is 12.5 Å². The van der Waals surface area contributed by atoms with Crippen LogP contribution < -0.4 is 11.5 Å². The molecular formula is C11H18ClN3O3. The van der Waals surface area contributed by atoms with Crippen LogP contribution in [0.2, 0.25) is 0 Å². The second kappa shape index (κ2) is 7.86. The first-order valence-corrected chi connectivity index (χ1v) is 5.49. The third kappa shape index (κ3) is 4.48. The molecule has 0 bridgehead atoms. The Morgan fingerprint density at radius 1 is 1.39 bits per heavy atom. The van der Waals surface area contributed by atoms with Crippen molar-refractivity contribution in [3.8, 4) is 5.75 Å². The molecule has 18 heavy (non-hydrogen) atoms. The van der Waals surface area contributed by atoms with E-state index in [2.05, 4.69) is 0 Å². The maximum atomic E-state index is 10.6. The van der Waals surface area contributed by atoms with Crippen LogP contribution >= 0.6 is 12.4 Å². The first-order valence-electron chi connectivity index (χ1n) is 5.49. The van der Waals surface area contributed by atoms with Crippen molar-refractivity contribution in [3.63, 3.8) is 0 Å². The number of phenolic OH excluding ortho intramolecular Hbond substituents is 1. The van der Waals surface area contributed by atoms with Crippen LogP contribution in [-0.4, -0.2) is 16.6 Å². The van der Waals surface area contributed by atoms with Gasteiger partial charge in [0.1, 0.15) is 0 Å². The first kappa shape index (κ1) is 16.6. The van der Waals surface area contributed by atoms with Crippen LogP contribution in [0.1, 0.15) is 30.9 Å². The number of nitro groups is 1. The Balaban J connectivity index is 0.00000289. The Hall–Kier alpha value is -1.37. The number of benzene rings is 1. The molecular weight excluding hydrogens is 258 g/mol. The smallest absolute Gasteiger partial charge is 0.311 e. The van der Waals surface area contributed by atoms with Gasteiger partial charge in [-0.05, 0) is 31.0 Å². The van der Waals surface area contributed by atoms with Gasteiger partial charge in [-0.15, -0.1) is 12.4 Å². The summed E-state index contributed by atoms with van der Waals surface area (Å²) in [6.45, 7) is 0.614. The molecule has 0 aliphatic heterocycles. The summed E-state index contributed by atoms with van der Waals surface area (Å²) >= 11 is 0. The number of halogens is 1. The fraction of sp³-hybridized carbons (Fsp3) is 0.455. The first-order chi connectivity index (χ1) is 8.06. The molecule has 0 fully saturated rings. The maximum absolute atomic E-state index is 10.6. The molecule has 6 nitrogen and oxygen atoms in total. The Morgan fingerprint density at radius 3 is 2.61 bits per heavy atom. The van der Waals surface area contributed by atoms with E-state index in [0.717, 1.165) is 19.3 Å². The van der Waals surface area contributed by atoms with Crippen LogP contribution in [0.25, 0.3) is 0 Å². The molecule has 7 heteroatoms. The van der Waals surface area contributed by atoms with E-state index in [0.29, 0.717) is 12.1 Å². The lowest BCUT2D eigenvalue weighted by Gasteiger charge is -2.11. The molecule has 0 amide bonds. The Bertz CT molecular complexity index is 401. The van der Waals surface area contributed by atoms with Crippen molar-refractivity contribution in [2.75, 3.05) is 6.54 Å². The highest BCUT2D eigenvalue weighted by Crippen LogP contribution is 2.29. The fourth-order valence-corrected chi connectivity index (χ4v) is 1.59. The monoisotopic (exact) mass is 275 g/mol. The van der Waals surface area contributed by atoms with Crippen molar-refractivity contribution in [1.82, 2.24) is 0 Å². The Morgan fingerprint density at radius 2 is 2.06 bits per heavy atom. The van der Waals surface area contributed by atoms with E-state index in [1.165, 1.54) is 12.1 Å². The van der Waals surface area contributed by atoms with Gasteiger partial charge in [-0.2, -0.15) is 0 Å². The summed E-state index contributed by atoms with van der Waals surface area (Å²) < 4.78 is 0. The van der Waals surface area contributed by atoms with Gasteiger partial charge in [0.15, 0.2) is 5.75 Å². The van der Waals surface area contributed by atoms with E-state index < -0.39 is 4.92 Å². The number of nitrogens with two attached hydrogens (primary N) is 2. The van der Waals surface area contributed by atoms with E-state index in [-0.39, 0.29) is 29.9 Å². The predicted molar refractivity (Wildman–Crippen MR) is 71.8 cm³/mol. The molecule has 0 unspecified atom stereocenters. The predicted octanol–water partition coefficient (Wildman–Crippen LogP) is 1.85. The maximum Gasteiger partial charge on any atom is 0.311 e. The summed E-state index contributed by atoms with van der Waals surface area (Å²) in [5.74, 6) is -0.340. The van der Waals surface area contributed by atoms with Crippen LogP contribution in [-0.2, 0) is 0 Å². The normalized spacial score (nSPS) is 11.7. The SMILES string of the molecule is Cl.NCCCC[C@@H](N)c1ccc(O)c([N+](=O)[O-])c1. The fourth-order valence-electron chi connectivity index (χ4n) is 1.59. The molecule has 0 spiro atoms. The van der Waals surface area contributed by atoms with Crippen molar-refractivity contribution >= 4 is 18.1 Å².